The Morgan fingerprint density at radius 3 is 3.13 bits per heavy atom. The monoisotopic (exact) mass is 209 g/mol. The first-order valence-electron chi connectivity index (χ1n) is 5.56. The van der Waals surface area contributed by atoms with E-state index in [1.807, 2.05) is 17.8 Å². The molecule has 84 valence electrons. The van der Waals surface area contributed by atoms with Crippen LogP contribution in [0.1, 0.15) is 25.5 Å². The molecule has 1 aromatic heterocycles. The highest BCUT2D eigenvalue weighted by Gasteiger charge is 2.20. The maximum absolute atomic E-state index is 5.20. The van der Waals surface area contributed by atoms with Crippen LogP contribution in [-0.2, 0) is 17.8 Å². The van der Waals surface area contributed by atoms with E-state index >= 15 is 0 Å². The summed E-state index contributed by atoms with van der Waals surface area (Å²) in [5.74, 6) is 0. The third-order valence-electron chi connectivity index (χ3n) is 2.69. The number of nitrogens with one attached hydrogen (secondary N) is 1. The standard InChI is InChI=1S/C11H19N3O/c1-9(15-2)8-14-6-5-11(13-14)7-12-10-3-4-10/h5-6,9-10,12H,3-4,7-8H2,1-2H3. The van der Waals surface area contributed by atoms with E-state index in [1.54, 1.807) is 7.11 Å². The fourth-order valence-electron chi connectivity index (χ4n) is 1.47. The molecule has 1 saturated carbocycles. The Morgan fingerprint density at radius 1 is 1.67 bits per heavy atom. The average molecular weight is 209 g/mol. The minimum atomic E-state index is 0.217. The lowest BCUT2D eigenvalue weighted by Crippen LogP contribution is -2.17. The van der Waals surface area contributed by atoms with E-state index in [1.165, 1.54) is 12.8 Å². The van der Waals surface area contributed by atoms with Gasteiger partial charge in [0.15, 0.2) is 0 Å². The molecule has 0 spiro atoms. The van der Waals surface area contributed by atoms with Crippen LogP contribution in [0.2, 0.25) is 0 Å². The van der Waals surface area contributed by atoms with Crippen LogP contribution in [0.5, 0.6) is 0 Å². The summed E-state index contributed by atoms with van der Waals surface area (Å²) in [5, 5.41) is 7.92. The van der Waals surface area contributed by atoms with Crippen LogP contribution < -0.4 is 5.32 Å². The zero-order valence-electron chi connectivity index (χ0n) is 9.44. The summed E-state index contributed by atoms with van der Waals surface area (Å²) >= 11 is 0. The first-order valence-corrected chi connectivity index (χ1v) is 5.56. The van der Waals surface area contributed by atoms with Crippen molar-refractivity contribution < 1.29 is 4.74 Å². The maximum atomic E-state index is 5.20. The summed E-state index contributed by atoms with van der Waals surface area (Å²) in [5.41, 5.74) is 1.12. The largest absolute Gasteiger partial charge is 0.380 e. The predicted molar refractivity (Wildman–Crippen MR) is 58.6 cm³/mol. The van der Waals surface area contributed by atoms with Gasteiger partial charge < -0.3 is 10.1 Å². The van der Waals surface area contributed by atoms with Crippen LogP contribution in [0, 0.1) is 0 Å². The molecule has 4 heteroatoms. The number of methoxy groups -OCH3 is 1. The first kappa shape index (κ1) is 10.6. The molecule has 1 aliphatic carbocycles. The van der Waals surface area contributed by atoms with E-state index in [0.29, 0.717) is 0 Å². The van der Waals surface area contributed by atoms with Crippen LogP contribution in [0.15, 0.2) is 12.3 Å². The van der Waals surface area contributed by atoms with Gasteiger partial charge in [0.25, 0.3) is 0 Å². The number of nitrogens with zero attached hydrogens (tertiary/aromatic N) is 2. The van der Waals surface area contributed by atoms with Crippen molar-refractivity contribution in [2.75, 3.05) is 7.11 Å². The molecular formula is C11H19N3O. The Hall–Kier alpha value is -0.870. The van der Waals surface area contributed by atoms with Crippen molar-refractivity contribution in [3.63, 3.8) is 0 Å². The highest BCUT2D eigenvalue weighted by atomic mass is 16.5. The topological polar surface area (TPSA) is 39.1 Å². The predicted octanol–water partition coefficient (Wildman–Crippen LogP) is 1.17. The number of ether oxygens (including phenoxy) is 1. The van der Waals surface area contributed by atoms with Gasteiger partial charge in [0, 0.05) is 25.9 Å². The number of rotatable bonds is 6. The van der Waals surface area contributed by atoms with E-state index in [2.05, 4.69) is 16.5 Å². The molecule has 0 radical (unpaired) electrons. The zero-order valence-corrected chi connectivity index (χ0v) is 9.44. The van der Waals surface area contributed by atoms with E-state index in [-0.39, 0.29) is 6.10 Å². The van der Waals surface area contributed by atoms with Crippen molar-refractivity contribution >= 4 is 0 Å². The average Bonchev–Trinajstić information content (AvgIpc) is 2.97. The van der Waals surface area contributed by atoms with Crippen LogP contribution in [0.25, 0.3) is 0 Å². The minimum absolute atomic E-state index is 0.217. The number of aromatic nitrogens is 2. The Morgan fingerprint density at radius 2 is 2.47 bits per heavy atom. The third kappa shape index (κ3) is 3.32. The maximum Gasteiger partial charge on any atom is 0.0762 e. The second kappa shape index (κ2) is 4.77. The van der Waals surface area contributed by atoms with Crippen molar-refractivity contribution in [1.29, 1.82) is 0 Å². The van der Waals surface area contributed by atoms with Gasteiger partial charge >= 0.3 is 0 Å². The molecule has 0 bridgehead atoms. The van der Waals surface area contributed by atoms with Crippen molar-refractivity contribution in [3.8, 4) is 0 Å². The Kier molecular flexibility index (Phi) is 3.38. The molecule has 2 rings (SSSR count). The van der Waals surface area contributed by atoms with Gasteiger partial charge in [-0.05, 0) is 25.8 Å². The van der Waals surface area contributed by atoms with Gasteiger partial charge in [-0.2, -0.15) is 5.10 Å². The van der Waals surface area contributed by atoms with Gasteiger partial charge in [0.1, 0.15) is 0 Å². The summed E-state index contributed by atoms with van der Waals surface area (Å²) in [6.45, 7) is 3.75. The SMILES string of the molecule is COC(C)Cn1ccc(CNC2CC2)n1. The lowest BCUT2D eigenvalue weighted by Gasteiger charge is -2.08. The number of hydrogen-bond donors (Lipinski definition) is 1. The van der Waals surface area contributed by atoms with Crippen molar-refractivity contribution in [2.45, 2.75) is 45.0 Å². The molecule has 15 heavy (non-hydrogen) atoms. The highest BCUT2D eigenvalue weighted by molar-refractivity contribution is 4.99. The zero-order chi connectivity index (χ0) is 10.7. The molecule has 1 atom stereocenters. The van der Waals surface area contributed by atoms with Crippen LogP contribution in [-0.4, -0.2) is 29.0 Å². The van der Waals surface area contributed by atoms with Crippen molar-refractivity contribution in [1.82, 2.24) is 15.1 Å². The van der Waals surface area contributed by atoms with Gasteiger partial charge in [0.05, 0.1) is 18.3 Å². The van der Waals surface area contributed by atoms with Gasteiger partial charge in [-0.15, -0.1) is 0 Å². The molecule has 4 nitrogen and oxygen atoms in total. The third-order valence-corrected chi connectivity index (χ3v) is 2.69. The molecule has 1 fully saturated rings. The van der Waals surface area contributed by atoms with E-state index in [0.717, 1.165) is 24.8 Å². The van der Waals surface area contributed by atoms with Crippen LogP contribution >= 0.6 is 0 Å². The van der Waals surface area contributed by atoms with E-state index in [4.69, 9.17) is 4.74 Å². The van der Waals surface area contributed by atoms with Crippen molar-refractivity contribution in [2.24, 2.45) is 0 Å². The summed E-state index contributed by atoms with van der Waals surface area (Å²) in [6, 6.07) is 2.81. The molecule has 1 aliphatic rings. The highest BCUT2D eigenvalue weighted by Crippen LogP contribution is 2.18. The first-order chi connectivity index (χ1) is 7.28. The van der Waals surface area contributed by atoms with Gasteiger partial charge in [-0.1, -0.05) is 0 Å². The second-order valence-corrected chi connectivity index (χ2v) is 4.23. The molecule has 1 heterocycles. The molecule has 1 aromatic rings. The Bertz CT molecular complexity index is 307. The lowest BCUT2D eigenvalue weighted by atomic mass is 10.4. The van der Waals surface area contributed by atoms with Crippen molar-refractivity contribution in [3.05, 3.63) is 18.0 Å². The van der Waals surface area contributed by atoms with Gasteiger partial charge in [-0.3, -0.25) is 4.68 Å². The van der Waals surface area contributed by atoms with Gasteiger partial charge in [-0.25, -0.2) is 0 Å². The van der Waals surface area contributed by atoms with Crippen LogP contribution in [0.4, 0.5) is 0 Å². The molecule has 1 unspecified atom stereocenters. The summed E-state index contributed by atoms with van der Waals surface area (Å²) in [7, 11) is 1.73. The van der Waals surface area contributed by atoms with E-state index in [9.17, 15) is 0 Å². The molecular weight excluding hydrogens is 190 g/mol. The van der Waals surface area contributed by atoms with Crippen LogP contribution in [0.3, 0.4) is 0 Å². The quantitative estimate of drug-likeness (QED) is 0.764. The molecule has 0 saturated heterocycles. The fraction of sp³-hybridized carbons (Fsp3) is 0.727. The smallest absolute Gasteiger partial charge is 0.0762 e. The second-order valence-electron chi connectivity index (χ2n) is 4.23. The lowest BCUT2D eigenvalue weighted by molar-refractivity contribution is 0.0997. The normalized spacial score (nSPS) is 18.0. The summed E-state index contributed by atoms with van der Waals surface area (Å²) < 4.78 is 7.14. The molecule has 0 aromatic carbocycles. The number of hydrogen-bond acceptors (Lipinski definition) is 3. The van der Waals surface area contributed by atoms with E-state index < -0.39 is 0 Å². The fourth-order valence-corrected chi connectivity index (χ4v) is 1.47. The molecule has 0 aliphatic heterocycles. The summed E-state index contributed by atoms with van der Waals surface area (Å²) in [6.07, 6.45) is 4.87. The molecule has 1 N–H and O–H groups in total. The summed E-state index contributed by atoms with van der Waals surface area (Å²) in [4.78, 5) is 0. The Balaban J connectivity index is 1.79. The Labute approximate surface area is 90.6 Å². The minimum Gasteiger partial charge on any atom is -0.380 e. The molecule has 0 amide bonds. The van der Waals surface area contributed by atoms with Gasteiger partial charge in [0.2, 0.25) is 0 Å².